The Kier molecular flexibility index (Phi) is 4.65. The number of pyridine rings is 1. The van der Waals surface area contributed by atoms with E-state index in [1.807, 2.05) is 23.9 Å². The van der Waals surface area contributed by atoms with Crippen LogP contribution in [0.25, 0.3) is 0 Å². The number of rotatable bonds is 4. The molecule has 0 saturated carbocycles. The SMILES string of the molecule is CCn1cc([C@H]2OCC[C@@H]2C(=O)N2CCCc3ccc(C(N)=O)nc32)cn1. The molecule has 2 aromatic heterocycles. The minimum Gasteiger partial charge on any atom is -0.373 e. The molecule has 2 aliphatic rings. The second-order valence-electron chi connectivity index (χ2n) is 6.95. The highest BCUT2D eigenvalue weighted by molar-refractivity contribution is 5.97. The summed E-state index contributed by atoms with van der Waals surface area (Å²) in [5.41, 5.74) is 7.43. The summed E-state index contributed by atoms with van der Waals surface area (Å²) in [6.07, 6.45) is 5.75. The van der Waals surface area contributed by atoms with Crippen molar-refractivity contribution in [3.63, 3.8) is 0 Å². The van der Waals surface area contributed by atoms with Crippen molar-refractivity contribution in [2.45, 2.75) is 38.8 Å². The monoisotopic (exact) mass is 369 g/mol. The third kappa shape index (κ3) is 3.21. The number of fused-ring (bicyclic) bond motifs is 1. The number of aryl methyl sites for hydroxylation is 2. The van der Waals surface area contributed by atoms with Crippen molar-refractivity contribution in [2.75, 3.05) is 18.1 Å². The molecule has 0 bridgehead atoms. The van der Waals surface area contributed by atoms with Crippen LogP contribution in [0, 0.1) is 5.92 Å². The third-order valence-electron chi connectivity index (χ3n) is 5.27. The Morgan fingerprint density at radius 2 is 2.22 bits per heavy atom. The molecule has 142 valence electrons. The van der Waals surface area contributed by atoms with Crippen LogP contribution < -0.4 is 10.6 Å². The topological polar surface area (TPSA) is 103 Å². The number of aromatic nitrogens is 3. The summed E-state index contributed by atoms with van der Waals surface area (Å²) in [5, 5.41) is 4.30. The summed E-state index contributed by atoms with van der Waals surface area (Å²) in [6.45, 7) is 3.90. The van der Waals surface area contributed by atoms with Gasteiger partial charge in [0.2, 0.25) is 5.91 Å². The first-order valence-corrected chi connectivity index (χ1v) is 9.33. The lowest BCUT2D eigenvalue weighted by molar-refractivity contribution is -0.124. The first-order chi connectivity index (χ1) is 13.1. The molecule has 8 nitrogen and oxygen atoms in total. The number of primary amides is 1. The Balaban J connectivity index is 1.63. The lowest BCUT2D eigenvalue weighted by Crippen LogP contribution is -2.41. The summed E-state index contributed by atoms with van der Waals surface area (Å²) in [6, 6.07) is 3.46. The first-order valence-electron chi connectivity index (χ1n) is 9.33. The van der Waals surface area contributed by atoms with Gasteiger partial charge in [0.25, 0.3) is 5.91 Å². The Bertz CT molecular complexity index is 878. The van der Waals surface area contributed by atoms with E-state index in [1.165, 1.54) is 0 Å². The first kappa shape index (κ1) is 17.7. The molecule has 2 atom stereocenters. The number of ether oxygens (including phenoxy) is 1. The molecule has 1 fully saturated rings. The molecule has 2 aromatic rings. The Morgan fingerprint density at radius 1 is 1.37 bits per heavy atom. The van der Waals surface area contributed by atoms with Crippen LogP contribution in [-0.2, 0) is 22.5 Å². The van der Waals surface area contributed by atoms with Crippen LogP contribution in [0.3, 0.4) is 0 Å². The summed E-state index contributed by atoms with van der Waals surface area (Å²) in [4.78, 5) is 31.0. The quantitative estimate of drug-likeness (QED) is 0.879. The van der Waals surface area contributed by atoms with Crippen LogP contribution in [0.15, 0.2) is 24.5 Å². The summed E-state index contributed by atoms with van der Waals surface area (Å²) in [5.74, 6) is -0.344. The molecule has 2 aliphatic heterocycles. The van der Waals surface area contributed by atoms with Gasteiger partial charge < -0.3 is 10.5 Å². The molecule has 4 heterocycles. The van der Waals surface area contributed by atoms with Crippen molar-refractivity contribution >= 4 is 17.6 Å². The number of amides is 2. The van der Waals surface area contributed by atoms with E-state index in [0.717, 1.165) is 30.5 Å². The van der Waals surface area contributed by atoms with E-state index in [1.54, 1.807) is 17.2 Å². The average molecular weight is 369 g/mol. The van der Waals surface area contributed by atoms with Crippen LogP contribution in [0.2, 0.25) is 0 Å². The van der Waals surface area contributed by atoms with Gasteiger partial charge in [0.15, 0.2) is 0 Å². The number of nitrogens with zero attached hydrogens (tertiary/aromatic N) is 4. The average Bonchev–Trinajstić information content (AvgIpc) is 3.35. The zero-order valence-electron chi connectivity index (χ0n) is 15.3. The molecular formula is C19H23N5O3. The number of carbonyl (C=O) groups is 2. The lowest BCUT2D eigenvalue weighted by Gasteiger charge is -2.31. The molecular weight excluding hydrogens is 346 g/mol. The van der Waals surface area contributed by atoms with Crippen LogP contribution in [0.1, 0.15) is 47.5 Å². The fourth-order valence-electron chi connectivity index (χ4n) is 3.86. The lowest BCUT2D eigenvalue weighted by atomic mass is 9.94. The second kappa shape index (κ2) is 7.11. The van der Waals surface area contributed by atoms with Crippen molar-refractivity contribution in [2.24, 2.45) is 11.7 Å². The van der Waals surface area contributed by atoms with Crippen molar-refractivity contribution < 1.29 is 14.3 Å². The molecule has 0 aromatic carbocycles. The fourth-order valence-corrected chi connectivity index (χ4v) is 3.86. The predicted octanol–water partition coefficient (Wildman–Crippen LogP) is 1.45. The fraction of sp³-hybridized carbons (Fsp3) is 0.474. The maximum atomic E-state index is 13.4. The number of carbonyl (C=O) groups excluding carboxylic acids is 2. The third-order valence-corrected chi connectivity index (χ3v) is 5.27. The maximum Gasteiger partial charge on any atom is 0.267 e. The van der Waals surface area contributed by atoms with E-state index in [-0.39, 0.29) is 23.6 Å². The summed E-state index contributed by atoms with van der Waals surface area (Å²) < 4.78 is 7.70. The van der Waals surface area contributed by atoms with Gasteiger partial charge in [-0.3, -0.25) is 19.2 Å². The molecule has 0 aliphatic carbocycles. The van der Waals surface area contributed by atoms with Gasteiger partial charge in [-0.15, -0.1) is 0 Å². The zero-order chi connectivity index (χ0) is 19.0. The highest BCUT2D eigenvalue weighted by atomic mass is 16.5. The molecule has 0 unspecified atom stereocenters. The van der Waals surface area contributed by atoms with E-state index in [9.17, 15) is 9.59 Å². The van der Waals surface area contributed by atoms with Gasteiger partial charge in [-0.05, 0) is 37.8 Å². The smallest absolute Gasteiger partial charge is 0.267 e. The van der Waals surface area contributed by atoms with E-state index in [0.29, 0.717) is 25.4 Å². The number of nitrogens with two attached hydrogens (primary N) is 1. The molecule has 0 spiro atoms. The van der Waals surface area contributed by atoms with E-state index < -0.39 is 5.91 Å². The molecule has 2 N–H and O–H groups in total. The van der Waals surface area contributed by atoms with Gasteiger partial charge in [-0.1, -0.05) is 6.07 Å². The van der Waals surface area contributed by atoms with Gasteiger partial charge >= 0.3 is 0 Å². The van der Waals surface area contributed by atoms with Crippen LogP contribution in [0.5, 0.6) is 0 Å². The van der Waals surface area contributed by atoms with Gasteiger partial charge in [0.05, 0.1) is 18.2 Å². The molecule has 8 heteroatoms. The van der Waals surface area contributed by atoms with Crippen LogP contribution >= 0.6 is 0 Å². The predicted molar refractivity (Wildman–Crippen MR) is 98.1 cm³/mol. The van der Waals surface area contributed by atoms with Crippen LogP contribution in [-0.4, -0.2) is 39.7 Å². The molecule has 0 radical (unpaired) electrons. The summed E-state index contributed by atoms with van der Waals surface area (Å²) >= 11 is 0. The molecule has 4 rings (SSSR count). The number of anilines is 1. The highest BCUT2D eigenvalue weighted by Crippen LogP contribution is 2.37. The van der Waals surface area contributed by atoms with E-state index in [4.69, 9.17) is 10.5 Å². The van der Waals surface area contributed by atoms with Crippen molar-refractivity contribution in [1.82, 2.24) is 14.8 Å². The molecule has 27 heavy (non-hydrogen) atoms. The molecule has 2 amide bonds. The minimum absolute atomic E-state index is 0.0168. The Labute approximate surface area is 157 Å². The minimum atomic E-state index is -0.593. The standard InChI is InChI=1S/C19H23N5O3/c1-2-23-11-13(10-21-23)16-14(7-9-27-16)19(26)24-8-3-4-12-5-6-15(17(20)25)22-18(12)24/h5-6,10-11,14,16H,2-4,7-9H2,1H3,(H2,20,25)/t14-,16+/m0/s1. The van der Waals surface area contributed by atoms with Gasteiger partial charge in [-0.2, -0.15) is 5.10 Å². The van der Waals surface area contributed by atoms with Crippen LogP contribution in [0.4, 0.5) is 5.82 Å². The highest BCUT2D eigenvalue weighted by Gasteiger charge is 2.40. The summed E-state index contributed by atoms with van der Waals surface area (Å²) in [7, 11) is 0. The van der Waals surface area contributed by atoms with Gasteiger partial charge in [-0.25, -0.2) is 4.98 Å². The van der Waals surface area contributed by atoms with Gasteiger partial charge in [0.1, 0.15) is 11.5 Å². The van der Waals surface area contributed by atoms with Crippen molar-refractivity contribution in [3.8, 4) is 0 Å². The van der Waals surface area contributed by atoms with Gasteiger partial charge in [0, 0.05) is 31.5 Å². The van der Waals surface area contributed by atoms with Crippen molar-refractivity contribution in [3.05, 3.63) is 41.3 Å². The zero-order valence-corrected chi connectivity index (χ0v) is 15.3. The normalized spacial score (nSPS) is 21.9. The number of hydrogen-bond donors (Lipinski definition) is 1. The van der Waals surface area contributed by atoms with Crippen molar-refractivity contribution in [1.29, 1.82) is 0 Å². The largest absolute Gasteiger partial charge is 0.373 e. The van der Waals surface area contributed by atoms with E-state index in [2.05, 4.69) is 10.1 Å². The Hall–Kier alpha value is -2.74. The number of hydrogen-bond acceptors (Lipinski definition) is 5. The second-order valence-corrected chi connectivity index (χ2v) is 6.95. The Morgan fingerprint density at radius 3 is 2.96 bits per heavy atom. The molecule has 1 saturated heterocycles. The maximum absolute atomic E-state index is 13.4. The van der Waals surface area contributed by atoms with E-state index >= 15 is 0 Å².